The van der Waals surface area contributed by atoms with Gasteiger partial charge in [-0.05, 0) is 48.4 Å². The van der Waals surface area contributed by atoms with E-state index in [-0.39, 0.29) is 13.3 Å². The molecule has 0 spiro atoms. The molecule has 3 rings (SSSR count). The van der Waals surface area contributed by atoms with Gasteiger partial charge in [0.25, 0.3) is 5.91 Å². The van der Waals surface area contributed by atoms with Crippen molar-refractivity contribution in [2.45, 2.75) is 6.92 Å². The van der Waals surface area contributed by atoms with Crippen LogP contribution in [0.2, 0.25) is 0 Å². The fourth-order valence-electron chi connectivity index (χ4n) is 2.52. The molecule has 142 valence electrons. The Bertz CT molecular complexity index is 988. The van der Waals surface area contributed by atoms with Gasteiger partial charge in [-0.2, -0.15) is 5.10 Å². The van der Waals surface area contributed by atoms with Crippen LogP contribution in [0.4, 0.5) is 5.69 Å². The lowest BCUT2D eigenvalue weighted by Crippen LogP contribution is -2.39. The van der Waals surface area contributed by atoms with Crippen molar-refractivity contribution < 1.29 is 22.7 Å². The molecule has 1 N–H and O–H groups in total. The highest BCUT2D eigenvalue weighted by molar-refractivity contribution is 7.92. The highest BCUT2D eigenvalue weighted by Gasteiger charge is 2.20. The number of anilines is 1. The number of nitrogens with zero attached hydrogens (tertiary/aromatic N) is 2. The summed E-state index contributed by atoms with van der Waals surface area (Å²) in [4.78, 5) is 12.2. The summed E-state index contributed by atoms with van der Waals surface area (Å²) in [6.45, 7) is 1.65. The summed E-state index contributed by atoms with van der Waals surface area (Å²) in [6, 6.07) is 12.2. The summed E-state index contributed by atoms with van der Waals surface area (Å²) in [5, 5.41) is 3.87. The van der Waals surface area contributed by atoms with E-state index in [0.717, 1.165) is 16.1 Å². The first kappa shape index (κ1) is 18.7. The van der Waals surface area contributed by atoms with E-state index in [1.165, 1.54) is 6.21 Å². The minimum absolute atomic E-state index is 0.174. The predicted molar refractivity (Wildman–Crippen MR) is 102 cm³/mol. The number of sulfonamides is 1. The van der Waals surface area contributed by atoms with Gasteiger partial charge < -0.3 is 9.47 Å². The Hall–Kier alpha value is -3.07. The van der Waals surface area contributed by atoms with E-state index in [2.05, 4.69) is 10.5 Å². The van der Waals surface area contributed by atoms with Gasteiger partial charge >= 0.3 is 0 Å². The fourth-order valence-corrected chi connectivity index (χ4v) is 3.37. The number of fused-ring (bicyclic) bond motifs is 1. The maximum Gasteiger partial charge on any atom is 0.260 e. The molecule has 0 aromatic heterocycles. The average Bonchev–Trinajstić information content (AvgIpc) is 3.06. The van der Waals surface area contributed by atoms with Gasteiger partial charge in [0.2, 0.25) is 16.8 Å². The van der Waals surface area contributed by atoms with Gasteiger partial charge in [-0.1, -0.05) is 12.1 Å². The molecule has 0 radical (unpaired) electrons. The van der Waals surface area contributed by atoms with E-state index in [1.807, 2.05) is 13.0 Å². The predicted octanol–water partition coefficient (Wildman–Crippen LogP) is 1.64. The third-order valence-corrected chi connectivity index (χ3v) is 4.92. The number of rotatable bonds is 6. The first-order valence-corrected chi connectivity index (χ1v) is 9.94. The van der Waals surface area contributed by atoms with Gasteiger partial charge in [0.15, 0.2) is 11.5 Å². The van der Waals surface area contributed by atoms with Crippen LogP contribution in [0.25, 0.3) is 0 Å². The molecule has 2 aromatic rings. The van der Waals surface area contributed by atoms with Crippen molar-refractivity contribution in [1.29, 1.82) is 0 Å². The third kappa shape index (κ3) is 4.76. The molecule has 0 bridgehead atoms. The molecular formula is C18H19N3O5S. The Labute approximate surface area is 157 Å². The second-order valence-electron chi connectivity index (χ2n) is 6.01. The van der Waals surface area contributed by atoms with Crippen molar-refractivity contribution in [3.8, 4) is 11.5 Å². The molecule has 1 aliphatic rings. The lowest BCUT2D eigenvalue weighted by atomic mass is 10.2. The molecule has 8 nitrogen and oxygen atoms in total. The van der Waals surface area contributed by atoms with Crippen molar-refractivity contribution in [3.05, 3.63) is 53.6 Å². The summed E-state index contributed by atoms with van der Waals surface area (Å²) >= 11 is 0. The van der Waals surface area contributed by atoms with Crippen molar-refractivity contribution >= 4 is 27.8 Å². The number of nitrogens with one attached hydrogen (secondary N) is 1. The number of aryl methyl sites for hydroxylation is 1. The van der Waals surface area contributed by atoms with E-state index < -0.39 is 15.9 Å². The van der Waals surface area contributed by atoms with E-state index in [1.54, 1.807) is 36.4 Å². The third-order valence-electron chi connectivity index (χ3n) is 3.78. The molecule has 1 aliphatic heterocycles. The topological polar surface area (TPSA) is 97.3 Å². The minimum atomic E-state index is -3.62. The summed E-state index contributed by atoms with van der Waals surface area (Å²) in [5.41, 5.74) is 4.36. The van der Waals surface area contributed by atoms with Gasteiger partial charge in [0, 0.05) is 0 Å². The summed E-state index contributed by atoms with van der Waals surface area (Å²) < 4.78 is 35.7. The number of carbonyl (C=O) groups is 1. The lowest BCUT2D eigenvalue weighted by molar-refractivity contribution is -0.119. The van der Waals surface area contributed by atoms with Crippen molar-refractivity contribution in [2.75, 3.05) is 23.9 Å². The number of carbonyl (C=O) groups excluding carboxylic acids is 1. The molecule has 0 aliphatic carbocycles. The first-order chi connectivity index (χ1) is 12.8. The fraction of sp³-hybridized carbons (Fsp3) is 0.222. The Balaban J connectivity index is 1.66. The summed E-state index contributed by atoms with van der Waals surface area (Å²) in [5.74, 6) is 0.699. The van der Waals surface area contributed by atoms with E-state index in [0.29, 0.717) is 22.7 Å². The molecule has 27 heavy (non-hydrogen) atoms. The Kier molecular flexibility index (Phi) is 5.31. The highest BCUT2D eigenvalue weighted by atomic mass is 32.2. The molecule has 9 heteroatoms. The molecule has 1 amide bonds. The maximum atomic E-state index is 12.2. The standard InChI is InChI=1S/C18H19N3O5S/c1-13-4-3-5-15(8-13)21(27(2,23)24)11-18(22)20-19-10-14-6-7-16-17(9-14)26-12-25-16/h3-10H,11-12H2,1-2H3,(H,20,22)/b19-10+. The highest BCUT2D eigenvalue weighted by Crippen LogP contribution is 2.31. The zero-order valence-corrected chi connectivity index (χ0v) is 15.7. The second-order valence-corrected chi connectivity index (χ2v) is 7.92. The van der Waals surface area contributed by atoms with Crippen molar-refractivity contribution in [1.82, 2.24) is 5.43 Å². The molecule has 0 atom stereocenters. The Morgan fingerprint density at radius 1 is 1.22 bits per heavy atom. The lowest BCUT2D eigenvalue weighted by Gasteiger charge is -2.21. The molecule has 0 unspecified atom stereocenters. The first-order valence-electron chi connectivity index (χ1n) is 8.09. The van der Waals surface area contributed by atoms with Crippen LogP contribution in [0.3, 0.4) is 0 Å². The molecule has 0 saturated carbocycles. The van der Waals surface area contributed by atoms with Gasteiger partial charge in [-0.3, -0.25) is 9.10 Å². The minimum Gasteiger partial charge on any atom is -0.454 e. The number of hydrogen-bond acceptors (Lipinski definition) is 6. The van der Waals surface area contributed by atoms with E-state index >= 15 is 0 Å². The van der Waals surface area contributed by atoms with E-state index in [9.17, 15) is 13.2 Å². The molecule has 0 saturated heterocycles. The molecule has 0 fully saturated rings. The van der Waals surface area contributed by atoms with Gasteiger partial charge in [-0.25, -0.2) is 13.8 Å². The maximum absolute atomic E-state index is 12.2. The van der Waals surface area contributed by atoms with Crippen LogP contribution in [0.15, 0.2) is 47.6 Å². The average molecular weight is 389 g/mol. The number of benzene rings is 2. The quantitative estimate of drug-likeness (QED) is 0.598. The zero-order valence-electron chi connectivity index (χ0n) is 14.9. The van der Waals surface area contributed by atoms with Crippen LogP contribution < -0.4 is 19.2 Å². The number of hydrazone groups is 1. The largest absolute Gasteiger partial charge is 0.454 e. The van der Waals surface area contributed by atoms with Gasteiger partial charge in [-0.15, -0.1) is 0 Å². The van der Waals surface area contributed by atoms with E-state index in [4.69, 9.17) is 9.47 Å². The SMILES string of the molecule is Cc1cccc(N(CC(=O)N/N=C/c2ccc3c(c2)OCO3)S(C)(=O)=O)c1. The van der Waals surface area contributed by atoms with Gasteiger partial charge in [0.05, 0.1) is 18.2 Å². The number of hydrogen-bond donors (Lipinski definition) is 1. The zero-order chi connectivity index (χ0) is 19.4. The Morgan fingerprint density at radius 3 is 2.74 bits per heavy atom. The summed E-state index contributed by atoms with van der Waals surface area (Å²) in [7, 11) is -3.62. The van der Waals surface area contributed by atoms with Crippen LogP contribution in [0.1, 0.15) is 11.1 Å². The number of ether oxygens (including phenoxy) is 2. The summed E-state index contributed by atoms with van der Waals surface area (Å²) in [6.07, 6.45) is 2.50. The number of amides is 1. The smallest absolute Gasteiger partial charge is 0.260 e. The van der Waals surface area contributed by atoms with Crippen molar-refractivity contribution in [2.24, 2.45) is 5.10 Å². The van der Waals surface area contributed by atoms with Crippen LogP contribution >= 0.6 is 0 Å². The monoisotopic (exact) mass is 389 g/mol. The Morgan fingerprint density at radius 2 is 2.00 bits per heavy atom. The molecular weight excluding hydrogens is 370 g/mol. The molecule has 2 aromatic carbocycles. The van der Waals surface area contributed by atoms with Crippen LogP contribution in [0.5, 0.6) is 11.5 Å². The van der Waals surface area contributed by atoms with Crippen molar-refractivity contribution in [3.63, 3.8) is 0 Å². The normalized spacial score (nSPS) is 13.0. The van der Waals surface area contributed by atoms with Gasteiger partial charge in [0.1, 0.15) is 6.54 Å². The van der Waals surface area contributed by atoms with Crippen LogP contribution in [-0.4, -0.2) is 40.1 Å². The van der Waals surface area contributed by atoms with Crippen LogP contribution in [0, 0.1) is 6.92 Å². The second kappa shape index (κ2) is 7.67. The van der Waals surface area contributed by atoms with Crippen LogP contribution in [-0.2, 0) is 14.8 Å². The molecule has 1 heterocycles.